The van der Waals surface area contributed by atoms with E-state index >= 15 is 0 Å². The molecule has 0 heterocycles. The molecular formula is C15H27NO. The third-order valence-corrected chi connectivity index (χ3v) is 2.93. The average Bonchev–Trinajstić information content (AvgIpc) is 2.36. The van der Waals surface area contributed by atoms with Crippen LogP contribution in [0.4, 0.5) is 0 Å². The average molecular weight is 237 g/mol. The Morgan fingerprint density at radius 2 is 1.53 bits per heavy atom. The molecule has 0 rings (SSSR count). The highest BCUT2D eigenvalue weighted by molar-refractivity contribution is 5.87. The van der Waals surface area contributed by atoms with Crippen LogP contribution in [0.25, 0.3) is 0 Å². The van der Waals surface area contributed by atoms with Crippen molar-refractivity contribution in [1.29, 1.82) is 0 Å². The quantitative estimate of drug-likeness (QED) is 0.388. The Balaban J connectivity index is 3.40. The Kier molecular flexibility index (Phi) is 10.7. The maximum atomic E-state index is 11.3. The first-order valence-electron chi connectivity index (χ1n) is 6.81. The zero-order valence-electron chi connectivity index (χ0n) is 11.3. The fraction of sp³-hybridized carbons (Fsp3) is 0.667. The predicted molar refractivity (Wildman–Crippen MR) is 74.7 cm³/mol. The van der Waals surface area contributed by atoms with Crippen molar-refractivity contribution in [3.05, 3.63) is 25.4 Å². The summed E-state index contributed by atoms with van der Waals surface area (Å²) in [7, 11) is 0. The molecular weight excluding hydrogens is 210 g/mol. The van der Waals surface area contributed by atoms with Crippen LogP contribution in [0.2, 0.25) is 0 Å². The van der Waals surface area contributed by atoms with Crippen LogP contribution in [0.5, 0.6) is 0 Å². The number of carbonyl (C=O) groups is 1. The van der Waals surface area contributed by atoms with Gasteiger partial charge < -0.3 is 4.90 Å². The molecule has 0 bridgehead atoms. The van der Waals surface area contributed by atoms with E-state index in [2.05, 4.69) is 20.1 Å². The van der Waals surface area contributed by atoms with Gasteiger partial charge in [-0.05, 0) is 18.7 Å². The molecule has 0 unspecified atom stereocenters. The minimum Gasteiger partial charge on any atom is -0.316 e. The van der Waals surface area contributed by atoms with E-state index in [9.17, 15) is 4.79 Å². The highest BCUT2D eigenvalue weighted by Gasteiger charge is 2.04. The van der Waals surface area contributed by atoms with Gasteiger partial charge in [0.05, 0.1) is 0 Å². The molecule has 0 aromatic rings. The Morgan fingerprint density at radius 3 is 2.00 bits per heavy atom. The number of hydrogen-bond acceptors (Lipinski definition) is 1. The molecule has 0 aromatic carbocycles. The van der Waals surface area contributed by atoms with E-state index in [1.165, 1.54) is 51.0 Å². The summed E-state index contributed by atoms with van der Waals surface area (Å²) in [4.78, 5) is 12.9. The third-order valence-electron chi connectivity index (χ3n) is 2.93. The van der Waals surface area contributed by atoms with Gasteiger partial charge in [0.15, 0.2) is 0 Å². The number of carbonyl (C=O) groups excluding carboxylic acids is 1. The molecule has 0 aliphatic heterocycles. The van der Waals surface area contributed by atoms with E-state index in [0.29, 0.717) is 0 Å². The highest BCUT2D eigenvalue weighted by atomic mass is 16.2. The summed E-state index contributed by atoms with van der Waals surface area (Å²) in [5, 5.41) is 0. The lowest BCUT2D eigenvalue weighted by molar-refractivity contribution is -0.123. The highest BCUT2D eigenvalue weighted by Crippen LogP contribution is 2.09. The minimum atomic E-state index is -0.0528. The predicted octanol–water partition coefficient (Wildman–Crippen LogP) is 4.29. The smallest absolute Gasteiger partial charge is 0.249 e. The minimum absolute atomic E-state index is 0.0528. The molecule has 0 aliphatic carbocycles. The van der Waals surface area contributed by atoms with E-state index < -0.39 is 0 Å². The fourth-order valence-corrected chi connectivity index (χ4v) is 1.82. The Morgan fingerprint density at radius 1 is 1.00 bits per heavy atom. The number of rotatable bonds is 11. The summed E-state index contributed by atoms with van der Waals surface area (Å²) in [6, 6.07) is 0. The normalized spacial score (nSPS) is 9.94. The zero-order chi connectivity index (χ0) is 12.9. The molecule has 0 atom stereocenters. The van der Waals surface area contributed by atoms with Crippen molar-refractivity contribution in [2.75, 3.05) is 6.54 Å². The van der Waals surface area contributed by atoms with Crippen molar-refractivity contribution < 1.29 is 4.79 Å². The van der Waals surface area contributed by atoms with Gasteiger partial charge in [-0.25, -0.2) is 0 Å². The van der Waals surface area contributed by atoms with Gasteiger partial charge in [-0.15, -0.1) is 0 Å². The fourth-order valence-electron chi connectivity index (χ4n) is 1.82. The van der Waals surface area contributed by atoms with Crippen molar-refractivity contribution in [1.82, 2.24) is 4.90 Å². The molecule has 0 spiro atoms. The summed E-state index contributed by atoms with van der Waals surface area (Å²) >= 11 is 0. The molecule has 17 heavy (non-hydrogen) atoms. The van der Waals surface area contributed by atoms with Crippen molar-refractivity contribution in [2.24, 2.45) is 0 Å². The lowest BCUT2D eigenvalue weighted by Gasteiger charge is -2.15. The van der Waals surface area contributed by atoms with Gasteiger partial charge in [-0.2, -0.15) is 0 Å². The lowest BCUT2D eigenvalue weighted by Crippen LogP contribution is -2.24. The second kappa shape index (κ2) is 11.4. The van der Waals surface area contributed by atoms with Crippen LogP contribution in [-0.4, -0.2) is 17.4 Å². The molecule has 0 saturated heterocycles. The van der Waals surface area contributed by atoms with Crippen molar-refractivity contribution >= 4 is 5.91 Å². The second-order valence-electron chi connectivity index (χ2n) is 4.39. The van der Waals surface area contributed by atoms with E-state index in [1.54, 1.807) is 11.1 Å². The SMILES string of the molecule is C=CC(=O)N(C=C)CCCCCCCCCC. The Hall–Kier alpha value is -1.05. The molecule has 0 aliphatic rings. The molecule has 0 saturated carbocycles. The first-order valence-corrected chi connectivity index (χ1v) is 6.81. The molecule has 98 valence electrons. The largest absolute Gasteiger partial charge is 0.316 e. The topological polar surface area (TPSA) is 20.3 Å². The van der Waals surface area contributed by atoms with Gasteiger partial charge in [-0.3, -0.25) is 4.79 Å². The summed E-state index contributed by atoms with van der Waals surface area (Å²) in [6.45, 7) is 10.1. The van der Waals surface area contributed by atoms with E-state index in [4.69, 9.17) is 0 Å². The van der Waals surface area contributed by atoms with E-state index in [0.717, 1.165) is 13.0 Å². The van der Waals surface area contributed by atoms with Crippen LogP contribution in [-0.2, 0) is 4.79 Å². The maximum absolute atomic E-state index is 11.3. The monoisotopic (exact) mass is 237 g/mol. The molecule has 2 nitrogen and oxygen atoms in total. The molecule has 0 aromatic heterocycles. The summed E-state index contributed by atoms with van der Waals surface area (Å²) in [5.74, 6) is -0.0528. The van der Waals surface area contributed by atoms with Crippen molar-refractivity contribution in [3.63, 3.8) is 0 Å². The zero-order valence-corrected chi connectivity index (χ0v) is 11.3. The summed E-state index contributed by atoms with van der Waals surface area (Å²) in [5.41, 5.74) is 0. The standard InChI is InChI=1S/C15H27NO/c1-4-7-8-9-10-11-12-13-14-16(6-3)15(17)5-2/h5-6H,2-4,7-14H2,1H3. The van der Waals surface area contributed by atoms with Crippen molar-refractivity contribution in [2.45, 2.75) is 58.3 Å². The van der Waals surface area contributed by atoms with Crippen LogP contribution in [0.1, 0.15) is 58.3 Å². The first kappa shape index (κ1) is 16.0. The molecule has 2 heteroatoms. The first-order chi connectivity index (χ1) is 8.26. The van der Waals surface area contributed by atoms with Gasteiger partial charge in [-0.1, -0.05) is 65.0 Å². The Labute approximate surface area is 106 Å². The number of hydrogen-bond donors (Lipinski definition) is 0. The van der Waals surface area contributed by atoms with Crippen LogP contribution >= 0.6 is 0 Å². The number of unbranched alkanes of at least 4 members (excludes halogenated alkanes) is 7. The van der Waals surface area contributed by atoms with E-state index in [1.807, 2.05) is 0 Å². The van der Waals surface area contributed by atoms with Gasteiger partial charge in [0.1, 0.15) is 0 Å². The van der Waals surface area contributed by atoms with Crippen LogP contribution in [0, 0.1) is 0 Å². The molecule has 0 radical (unpaired) electrons. The van der Waals surface area contributed by atoms with Gasteiger partial charge in [0, 0.05) is 6.54 Å². The Bertz CT molecular complexity index is 223. The summed E-state index contributed by atoms with van der Waals surface area (Å²) < 4.78 is 0. The van der Waals surface area contributed by atoms with Gasteiger partial charge >= 0.3 is 0 Å². The van der Waals surface area contributed by atoms with Gasteiger partial charge in [0.2, 0.25) is 5.91 Å². The lowest BCUT2D eigenvalue weighted by atomic mass is 10.1. The number of nitrogens with zero attached hydrogens (tertiary/aromatic N) is 1. The third kappa shape index (κ3) is 8.73. The van der Waals surface area contributed by atoms with Gasteiger partial charge in [0.25, 0.3) is 0 Å². The maximum Gasteiger partial charge on any atom is 0.249 e. The van der Waals surface area contributed by atoms with Crippen LogP contribution in [0.15, 0.2) is 25.4 Å². The molecule has 0 N–H and O–H groups in total. The number of amides is 1. The van der Waals surface area contributed by atoms with Crippen LogP contribution < -0.4 is 0 Å². The summed E-state index contributed by atoms with van der Waals surface area (Å²) in [6.07, 6.45) is 13.2. The molecule has 0 fully saturated rings. The van der Waals surface area contributed by atoms with E-state index in [-0.39, 0.29) is 5.91 Å². The van der Waals surface area contributed by atoms with Crippen LogP contribution in [0.3, 0.4) is 0 Å². The van der Waals surface area contributed by atoms with Crippen molar-refractivity contribution in [3.8, 4) is 0 Å². The molecule has 1 amide bonds. The second-order valence-corrected chi connectivity index (χ2v) is 4.39.